The molecule has 0 aliphatic rings. The summed E-state index contributed by atoms with van der Waals surface area (Å²) in [4.78, 5) is 4.66. The zero-order valence-corrected chi connectivity index (χ0v) is 14.4. The van der Waals surface area contributed by atoms with Gasteiger partial charge in [-0.3, -0.25) is 0 Å². The molecule has 3 nitrogen and oxygen atoms in total. The van der Waals surface area contributed by atoms with Crippen LogP contribution in [0.25, 0.3) is 22.5 Å². The number of hydrogen-bond acceptors (Lipinski definition) is 2. The Labute approximate surface area is 153 Å². The van der Waals surface area contributed by atoms with Crippen LogP contribution >= 0.6 is 0 Å². The van der Waals surface area contributed by atoms with Crippen LogP contribution in [0.4, 0.5) is 0 Å². The standard InChI is InChI=1S/C23H20N2O/c26-21(18-10-4-1-5-11-18)16-25-17-24-22(19-12-6-2-7-13-19)23(25)20-14-8-3-9-15-20/h1-15,17,21,26H,16H2/t21-/m1/s1. The maximum absolute atomic E-state index is 10.7. The minimum Gasteiger partial charge on any atom is -0.387 e. The van der Waals surface area contributed by atoms with Crippen LogP contribution in [0.15, 0.2) is 97.3 Å². The highest BCUT2D eigenvalue weighted by Gasteiger charge is 2.17. The fourth-order valence-corrected chi connectivity index (χ4v) is 3.19. The van der Waals surface area contributed by atoms with Gasteiger partial charge in [-0.05, 0) is 5.56 Å². The zero-order valence-electron chi connectivity index (χ0n) is 14.4. The van der Waals surface area contributed by atoms with Gasteiger partial charge in [-0.1, -0.05) is 91.0 Å². The van der Waals surface area contributed by atoms with Gasteiger partial charge in [0.1, 0.15) is 0 Å². The van der Waals surface area contributed by atoms with Crippen molar-refractivity contribution >= 4 is 0 Å². The van der Waals surface area contributed by atoms with Crippen molar-refractivity contribution in [1.29, 1.82) is 0 Å². The number of imidazole rings is 1. The van der Waals surface area contributed by atoms with E-state index in [4.69, 9.17) is 0 Å². The van der Waals surface area contributed by atoms with Gasteiger partial charge in [-0.2, -0.15) is 0 Å². The maximum atomic E-state index is 10.7. The van der Waals surface area contributed by atoms with E-state index in [1.54, 1.807) is 0 Å². The first-order valence-electron chi connectivity index (χ1n) is 8.72. The fourth-order valence-electron chi connectivity index (χ4n) is 3.19. The summed E-state index contributed by atoms with van der Waals surface area (Å²) >= 11 is 0. The average molecular weight is 340 g/mol. The molecule has 4 aromatic rings. The summed E-state index contributed by atoms with van der Waals surface area (Å²) in [5, 5.41) is 10.7. The molecule has 1 N–H and O–H groups in total. The topological polar surface area (TPSA) is 38.0 Å². The van der Waals surface area contributed by atoms with Crippen molar-refractivity contribution < 1.29 is 5.11 Å². The monoisotopic (exact) mass is 340 g/mol. The predicted molar refractivity (Wildman–Crippen MR) is 105 cm³/mol. The number of hydrogen-bond donors (Lipinski definition) is 1. The molecular formula is C23H20N2O. The lowest BCUT2D eigenvalue weighted by molar-refractivity contribution is 0.157. The van der Waals surface area contributed by atoms with Crippen LogP contribution in [0.5, 0.6) is 0 Å². The fraction of sp³-hybridized carbons (Fsp3) is 0.0870. The third kappa shape index (κ3) is 3.30. The highest BCUT2D eigenvalue weighted by Crippen LogP contribution is 2.32. The van der Waals surface area contributed by atoms with Crippen LogP contribution < -0.4 is 0 Å². The molecule has 1 aromatic heterocycles. The van der Waals surface area contributed by atoms with Crippen molar-refractivity contribution in [3.05, 3.63) is 103 Å². The third-order valence-electron chi connectivity index (χ3n) is 4.49. The van der Waals surface area contributed by atoms with E-state index in [1.807, 2.05) is 77.6 Å². The molecule has 0 saturated carbocycles. The summed E-state index contributed by atoms with van der Waals surface area (Å²) in [6, 6.07) is 30.1. The first-order valence-corrected chi connectivity index (χ1v) is 8.72. The molecule has 3 heteroatoms. The van der Waals surface area contributed by atoms with Gasteiger partial charge in [-0.15, -0.1) is 0 Å². The van der Waals surface area contributed by atoms with E-state index in [1.165, 1.54) is 0 Å². The molecule has 0 saturated heterocycles. The summed E-state index contributed by atoms with van der Waals surface area (Å²) in [5.41, 5.74) is 5.01. The van der Waals surface area contributed by atoms with E-state index in [-0.39, 0.29) is 0 Å². The largest absolute Gasteiger partial charge is 0.387 e. The molecule has 0 aliphatic heterocycles. The van der Waals surface area contributed by atoms with Crippen LogP contribution in [0.1, 0.15) is 11.7 Å². The van der Waals surface area contributed by atoms with E-state index < -0.39 is 6.10 Å². The van der Waals surface area contributed by atoms with Gasteiger partial charge in [0.05, 0.1) is 30.4 Å². The first kappa shape index (κ1) is 16.3. The van der Waals surface area contributed by atoms with Crippen LogP contribution in [0, 0.1) is 0 Å². The number of benzene rings is 3. The van der Waals surface area contributed by atoms with Crippen LogP contribution in [0.2, 0.25) is 0 Å². The lowest BCUT2D eigenvalue weighted by Gasteiger charge is -2.15. The molecule has 26 heavy (non-hydrogen) atoms. The summed E-state index contributed by atoms with van der Waals surface area (Å²) in [5.74, 6) is 0. The van der Waals surface area contributed by atoms with E-state index in [0.717, 1.165) is 28.1 Å². The molecule has 0 unspecified atom stereocenters. The Balaban J connectivity index is 1.77. The molecule has 0 aliphatic carbocycles. The minimum absolute atomic E-state index is 0.452. The van der Waals surface area contributed by atoms with Crippen molar-refractivity contribution in [1.82, 2.24) is 9.55 Å². The number of aliphatic hydroxyl groups excluding tert-OH is 1. The van der Waals surface area contributed by atoms with Gasteiger partial charge in [-0.25, -0.2) is 4.98 Å². The Morgan fingerprint density at radius 1 is 0.731 bits per heavy atom. The molecule has 0 amide bonds. The lowest BCUT2D eigenvalue weighted by Crippen LogP contribution is -2.09. The SMILES string of the molecule is O[C@H](Cn1cnc(-c2ccccc2)c1-c1ccccc1)c1ccccc1. The Bertz CT molecular complexity index is 963. The maximum Gasteiger partial charge on any atom is 0.0969 e. The number of nitrogens with zero attached hydrogens (tertiary/aromatic N) is 2. The molecule has 1 heterocycles. The van der Waals surface area contributed by atoms with Crippen LogP contribution in [-0.2, 0) is 6.54 Å². The highest BCUT2D eigenvalue weighted by atomic mass is 16.3. The normalized spacial score (nSPS) is 12.0. The molecule has 4 rings (SSSR count). The number of aliphatic hydroxyl groups is 1. The smallest absolute Gasteiger partial charge is 0.0969 e. The van der Waals surface area contributed by atoms with Crippen molar-refractivity contribution in [2.24, 2.45) is 0 Å². The predicted octanol–water partition coefficient (Wildman–Crippen LogP) is 4.95. The highest BCUT2D eigenvalue weighted by molar-refractivity contribution is 5.78. The van der Waals surface area contributed by atoms with Crippen molar-refractivity contribution in [2.45, 2.75) is 12.6 Å². The second kappa shape index (κ2) is 7.38. The van der Waals surface area contributed by atoms with E-state index >= 15 is 0 Å². The molecule has 1 atom stereocenters. The van der Waals surface area contributed by atoms with Gasteiger partial charge in [0.25, 0.3) is 0 Å². The van der Waals surface area contributed by atoms with E-state index in [2.05, 4.69) is 29.2 Å². The first-order chi connectivity index (χ1) is 12.8. The molecular weight excluding hydrogens is 320 g/mol. The van der Waals surface area contributed by atoms with Crippen molar-refractivity contribution in [2.75, 3.05) is 0 Å². The Morgan fingerprint density at radius 3 is 1.88 bits per heavy atom. The Hall–Kier alpha value is -3.17. The number of rotatable bonds is 5. The minimum atomic E-state index is -0.587. The third-order valence-corrected chi connectivity index (χ3v) is 4.49. The lowest BCUT2D eigenvalue weighted by atomic mass is 10.0. The zero-order chi connectivity index (χ0) is 17.8. The van der Waals surface area contributed by atoms with E-state index in [9.17, 15) is 5.11 Å². The molecule has 128 valence electrons. The van der Waals surface area contributed by atoms with Gasteiger partial charge in [0.15, 0.2) is 0 Å². The van der Waals surface area contributed by atoms with Gasteiger partial charge < -0.3 is 9.67 Å². The summed E-state index contributed by atoms with van der Waals surface area (Å²) in [7, 11) is 0. The van der Waals surface area contributed by atoms with Gasteiger partial charge in [0, 0.05) is 11.1 Å². The average Bonchev–Trinajstić information content (AvgIpc) is 3.13. The van der Waals surface area contributed by atoms with Gasteiger partial charge >= 0.3 is 0 Å². The Morgan fingerprint density at radius 2 is 1.27 bits per heavy atom. The summed E-state index contributed by atoms with van der Waals surface area (Å²) in [6.45, 7) is 0.452. The quantitative estimate of drug-likeness (QED) is 0.558. The van der Waals surface area contributed by atoms with Crippen LogP contribution in [0.3, 0.4) is 0 Å². The number of aromatic nitrogens is 2. The van der Waals surface area contributed by atoms with Crippen molar-refractivity contribution in [3.8, 4) is 22.5 Å². The van der Waals surface area contributed by atoms with E-state index in [0.29, 0.717) is 6.54 Å². The second-order valence-corrected chi connectivity index (χ2v) is 6.25. The molecule has 3 aromatic carbocycles. The molecule has 0 fully saturated rings. The summed E-state index contributed by atoms with van der Waals surface area (Å²) in [6.07, 6.45) is 1.23. The van der Waals surface area contributed by atoms with Gasteiger partial charge in [0.2, 0.25) is 0 Å². The summed E-state index contributed by atoms with van der Waals surface area (Å²) < 4.78 is 2.04. The second-order valence-electron chi connectivity index (χ2n) is 6.25. The van der Waals surface area contributed by atoms with Crippen molar-refractivity contribution in [3.63, 3.8) is 0 Å². The molecule has 0 spiro atoms. The van der Waals surface area contributed by atoms with Crippen LogP contribution in [-0.4, -0.2) is 14.7 Å². The Kier molecular flexibility index (Phi) is 4.63. The molecule has 0 radical (unpaired) electrons. The molecule has 0 bridgehead atoms.